The molecule has 4 aromatic carbocycles. The van der Waals surface area contributed by atoms with Gasteiger partial charge in [-0.25, -0.2) is 12.8 Å². The van der Waals surface area contributed by atoms with E-state index < -0.39 is 52.0 Å². The van der Waals surface area contributed by atoms with Gasteiger partial charge in [-0.3, -0.25) is 13.9 Å². The number of nitrogens with one attached hydrogen (secondary N) is 1. The number of hydrogen-bond acceptors (Lipinski definition) is 4. The van der Waals surface area contributed by atoms with Crippen molar-refractivity contribution in [1.29, 1.82) is 0 Å². The van der Waals surface area contributed by atoms with Crippen LogP contribution in [0.5, 0.6) is 0 Å². The number of nitrogens with zero attached hydrogens (tertiary/aromatic N) is 2. The van der Waals surface area contributed by atoms with Crippen LogP contribution < -0.4 is 9.62 Å². The summed E-state index contributed by atoms with van der Waals surface area (Å²) in [6.07, 6.45) is -4.15. The number of amides is 2. The molecule has 0 aliphatic rings. The van der Waals surface area contributed by atoms with Crippen LogP contribution in [-0.4, -0.2) is 43.8 Å². The van der Waals surface area contributed by atoms with Crippen LogP contribution in [0, 0.1) is 5.82 Å². The van der Waals surface area contributed by atoms with E-state index in [4.69, 9.17) is 0 Å². The molecule has 0 saturated carbocycles. The van der Waals surface area contributed by atoms with Gasteiger partial charge in [0.2, 0.25) is 11.8 Å². The minimum atomic E-state index is -4.79. The number of anilines is 1. The van der Waals surface area contributed by atoms with E-state index in [1.165, 1.54) is 59.5 Å². The highest BCUT2D eigenvalue weighted by Gasteiger charge is 2.36. The number of sulfonamides is 1. The number of carbonyl (C=O) groups is 2. The minimum absolute atomic E-state index is 0.0467. The number of hydrogen-bond donors (Lipinski definition) is 1. The Labute approximate surface area is 271 Å². The summed E-state index contributed by atoms with van der Waals surface area (Å²) in [5, 5.41) is 2.90. The summed E-state index contributed by atoms with van der Waals surface area (Å²) in [5.41, 5.74) is -0.331. The largest absolute Gasteiger partial charge is 0.416 e. The van der Waals surface area contributed by atoms with Crippen molar-refractivity contribution < 1.29 is 35.6 Å². The molecule has 2 amide bonds. The van der Waals surface area contributed by atoms with Crippen LogP contribution in [0.15, 0.2) is 114 Å². The van der Waals surface area contributed by atoms with Crippen molar-refractivity contribution in [3.05, 3.63) is 132 Å². The molecule has 1 N–H and O–H groups in total. The van der Waals surface area contributed by atoms with Crippen molar-refractivity contribution in [2.75, 3.05) is 10.8 Å². The quantitative estimate of drug-likeness (QED) is 0.163. The molecule has 0 aliphatic heterocycles. The van der Waals surface area contributed by atoms with E-state index in [1.54, 1.807) is 43.3 Å². The van der Waals surface area contributed by atoms with Crippen LogP contribution in [0.2, 0.25) is 0 Å². The van der Waals surface area contributed by atoms with Gasteiger partial charge in [0, 0.05) is 19.0 Å². The molecule has 0 radical (unpaired) electrons. The molecule has 0 aromatic heterocycles. The Morgan fingerprint density at radius 3 is 2.04 bits per heavy atom. The van der Waals surface area contributed by atoms with E-state index in [0.717, 1.165) is 12.1 Å². The maximum absolute atomic E-state index is 14.4. The first-order valence-corrected chi connectivity index (χ1v) is 16.4. The van der Waals surface area contributed by atoms with Crippen LogP contribution in [0.3, 0.4) is 0 Å². The Morgan fingerprint density at radius 1 is 0.830 bits per heavy atom. The molecule has 0 aliphatic carbocycles. The lowest BCUT2D eigenvalue weighted by atomic mass is 10.0. The molecule has 0 unspecified atom stereocenters. The maximum atomic E-state index is 14.4. The molecule has 4 aromatic rings. The highest BCUT2D eigenvalue weighted by atomic mass is 32.2. The number of alkyl halides is 3. The first-order valence-electron chi connectivity index (χ1n) is 14.9. The Balaban J connectivity index is 1.84. The molecule has 0 saturated heterocycles. The van der Waals surface area contributed by atoms with Crippen molar-refractivity contribution in [2.45, 2.75) is 56.4 Å². The number of rotatable bonds is 13. The SMILES string of the molecule is CC[C@H](C)NC(=O)[C@H](Cc1ccccc1)N(Cc1ccc(F)cc1)C(=O)CN(c1cccc(C(F)(F)F)c1)S(=O)(=O)c1ccccc1. The smallest absolute Gasteiger partial charge is 0.352 e. The Kier molecular flexibility index (Phi) is 11.4. The lowest BCUT2D eigenvalue weighted by molar-refractivity contribution is -0.140. The van der Waals surface area contributed by atoms with Gasteiger partial charge in [-0.15, -0.1) is 0 Å². The monoisotopic (exact) mass is 669 g/mol. The molecule has 12 heteroatoms. The van der Waals surface area contributed by atoms with E-state index in [0.29, 0.717) is 27.9 Å². The summed E-state index contributed by atoms with van der Waals surface area (Å²) in [6, 6.07) is 23.4. The van der Waals surface area contributed by atoms with Crippen LogP contribution >= 0.6 is 0 Å². The minimum Gasteiger partial charge on any atom is -0.352 e. The van der Waals surface area contributed by atoms with Gasteiger partial charge in [-0.05, 0) is 66.9 Å². The van der Waals surface area contributed by atoms with Gasteiger partial charge >= 0.3 is 6.18 Å². The second kappa shape index (κ2) is 15.3. The van der Waals surface area contributed by atoms with E-state index >= 15 is 0 Å². The van der Waals surface area contributed by atoms with E-state index in [-0.39, 0.29) is 29.6 Å². The summed E-state index contributed by atoms with van der Waals surface area (Å²) in [7, 11) is -4.58. The first kappa shape index (κ1) is 35.1. The predicted molar refractivity (Wildman–Crippen MR) is 171 cm³/mol. The fraction of sp³-hybridized carbons (Fsp3) is 0.257. The van der Waals surface area contributed by atoms with E-state index in [9.17, 15) is 35.6 Å². The van der Waals surface area contributed by atoms with Crippen LogP contribution in [0.1, 0.15) is 37.0 Å². The first-order chi connectivity index (χ1) is 22.3. The average Bonchev–Trinajstić information content (AvgIpc) is 3.06. The molecular formula is C35H35F4N3O4S. The third-order valence-corrected chi connectivity index (χ3v) is 9.40. The molecule has 0 fully saturated rings. The van der Waals surface area contributed by atoms with Crippen LogP contribution in [0.25, 0.3) is 0 Å². The van der Waals surface area contributed by atoms with Gasteiger partial charge in [0.15, 0.2) is 0 Å². The lowest BCUT2D eigenvalue weighted by Crippen LogP contribution is -2.54. The molecule has 7 nitrogen and oxygen atoms in total. The van der Waals surface area contributed by atoms with E-state index in [1.807, 2.05) is 6.92 Å². The van der Waals surface area contributed by atoms with Gasteiger partial charge in [-0.2, -0.15) is 13.2 Å². The highest BCUT2D eigenvalue weighted by Crippen LogP contribution is 2.33. The van der Waals surface area contributed by atoms with Crippen molar-refractivity contribution in [1.82, 2.24) is 10.2 Å². The van der Waals surface area contributed by atoms with Crippen LogP contribution in [0.4, 0.5) is 23.2 Å². The summed E-state index contributed by atoms with van der Waals surface area (Å²) in [4.78, 5) is 29.2. The summed E-state index contributed by atoms with van der Waals surface area (Å²) < 4.78 is 83.6. The number of carbonyl (C=O) groups excluding carboxylic acids is 2. The summed E-state index contributed by atoms with van der Waals surface area (Å²) in [5.74, 6) is -1.88. The zero-order valence-electron chi connectivity index (χ0n) is 25.8. The zero-order chi connectivity index (χ0) is 34.2. The van der Waals surface area contributed by atoms with Crippen molar-refractivity contribution in [2.24, 2.45) is 0 Å². The fourth-order valence-corrected chi connectivity index (χ4v) is 6.29. The summed E-state index contributed by atoms with van der Waals surface area (Å²) in [6.45, 7) is 2.53. The van der Waals surface area contributed by atoms with Gasteiger partial charge in [0.1, 0.15) is 18.4 Å². The molecule has 0 heterocycles. The maximum Gasteiger partial charge on any atom is 0.416 e. The molecule has 0 bridgehead atoms. The molecule has 0 spiro atoms. The average molecular weight is 670 g/mol. The van der Waals surface area contributed by atoms with Gasteiger partial charge in [0.25, 0.3) is 10.0 Å². The van der Waals surface area contributed by atoms with Crippen molar-refractivity contribution >= 4 is 27.5 Å². The van der Waals surface area contributed by atoms with Gasteiger partial charge in [0.05, 0.1) is 16.1 Å². The second-order valence-electron chi connectivity index (χ2n) is 11.0. The third-order valence-electron chi connectivity index (χ3n) is 7.61. The van der Waals surface area contributed by atoms with Gasteiger partial charge < -0.3 is 10.2 Å². The van der Waals surface area contributed by atoms with Crippen molar-refractivity contribution in [3.8, 4) is 0 Å². The molecule has 248 valence electrons. The fourth-order valence-electron chi connectivity index (χ4n) is 4.87. The Morgan fingerprint density at radius 2 is 1.45 bits per heavy atom. The second-order valence-corrected chi connectivity index (χ2v) is 12.9. The molecule has 47 heavy (non-hydrogen) atoms. The Bertz CT molecular complexity index is 1750. The van der Waals surface area contributed by atoms with Crippen LogP contribution in [-0.2, 0) is 38.8 Å². The highest BCUT2D eigenvalue weighted by molar-refractivity contribution is 7.92. The third kappa shape index (κ3) is 9.19. The topological polar surface area (TPSA) is 86.8 Å². The van der Waals surface area contributed by atoms with Gasteiger partial charge in [-0.1, -0.05) is 73.7 Å². The Hall–Kier alpha value is -4.71. The molecule has 2 atom stereocenters. The molecular weight excluding hydrogens is 634 g/mol. The van der Waals surface area contributed by atoms with Crippen molar-refractivity contribution in [3.63, 3.8) is 0 Å². The number of benzene rings is 4. The van der Waals surface area contributed by atoms with E-state index in [2.05, 4.69) is 5.32 Å². The zero-order valence-corrected chi connectivity index (χ0v) is 26.6. The standard InChI is InChI=1S/C35H35F4N3O4S/c1-3-25(2)40-34(44)32(21-26-11-6-4-7-12-26)41(23-27-17-19-29(36)20-18-27)33(43)24-42(47(45,46)31-15-8-5-9-16-31)30-14-10-13-28(22-30)35(37,38)39/h4-20,22,25,32H,3,21,23-24H2,1-2H3,(H,40,44)/t25-,32-/m0/s1. The lowest BCUT2D eigenvalue weighted by Gasteiger charge is -2.34. The predicted octanol–water partition coefficient (Wildman–Crippen LogP) is 6.59. The number of halogens is 4. The summed E-state index contributed by atoms with van der Waals surface area (Å²) >= 11 is 0. The normalized spacial score (nSPS) is 13.0. The molecule has 4 rings (SSSR count).